The van der Waals surface area contributed by atoms with Crippen molar-refractivity contribution in [2.45, 2.75) is 43.9 Å². The number of nitrogens with zero attached hydrogens (tertiary/aromatic N) is 1. The van der Waals surface area contributed by atoms with E-state index in [2.05, 4.69) is 6.08 Å². The molecule has 1 aromatic carbocycles. The van der Waals surface area contributed by atoms with Crippen LogP contribution in [0.25, 0.3) is 0 Å². The summed E-state index contributed by atoms with van der Waals surface area (Å²) in [6.45, 7) is 2.51. The summed E-state index contributed by atoms with van der Waals surface area (Å²) in [7, 11) is -1.69. The summed E-state index contributed by atoms with van der Waals surface area (Å²) in [5.41, 5.74) is 2.47. The van der Waals surface area contributed by atoms with Crippen LogP contribution in [0.3, 0.4) is 0 Å². The fourth-order valence-corrected chi connectivity index (χ4v) is 3.61. The lowest BCUT2D eigenvalue weighted by molar-refractivity contribution is 0.467. The minimum Gasteiger partial charge on any atom is -0.207 e. The summed E-state index contributed by atoms with van der Waals surface area (Å²) in [4.78, 5) is 0.378. The van der Waals surface area contributed by atoms with Crippen LogP contribution in [-0.2, 0) is 10.0 Å². The molecule has 0 aliphatic heterocycles. The third kappa shape index (κ3) is 3.70. The molecule has 3 nitrogen and oxygen atoms in total. The highest BCUT2D eigenvalue weighted by atomic mass is 32.2. The van der Waals surface area contributed by atoms with Gasteiger partial charge in [0.2, 0.25) is 10.0 Å². The number of sulfonamides is 1. The second kappa shape index (κ2) is 6.55. The minimum atomic E-state index is -3.35. The quantitative estimate of drug-likeness (QED) is 0.779. The lowest BCUT2D eigenvalue weighted by Crippen LogP contribution is -2.28. The molecular weight excluding hydrogens is 270 g/mol. The van der Waals surface area contributed by atoms with E-state index in [-0.39, 0.29) is 0 Å². The monoisotopic (exact) mass is 293 g/mol. The van der Waals surface area contributed by atoms with Crippen LogP contribution < -0.4 is 0 Å². The van der Waals surface area contributed by atoms with E-state index in [9.17, 15) is 8.42 Å². The minimum absolute atomic E-state index is 0.378. The van der Waals surface area contributed by atoms with Crippen molar-refractivity contribution in [3.05, 3.63) is 41.5 Å². The molecule has 0 radical (unpaired) electrons. The van der Waals surface area contributed by atoms with Gasteiger partial charge in [0.1, 0.15) is 0 Å². The maximum Gasteiger partial charge on any atom is 0.242 e. The molecule has 0 saturated heterocycles. The van der Waals surface area contributed by atoms with E-state index in [1.807, 2.05) is 19.1 Å². The van der Waals surface area contributed by atoms with Gasteiger partial charge in [-0.25, -0.2) is 12.7 Å². The van der Waals surface area contributed by atoms with Crippen molar-refractivity contribution in [1.29, 1.82) is 0 Å². The van der Waals surface area contributed by atoms with E-state index in [4.69, 9.17) is 0 Å². The largest absolute Gasteiger partial charge is 0.242 e. The molecule has 1 aliphatic carbocycles. The Kier molecular flexibility index (Phi) is 5.00. The number of aryl methyl sites for hydroxylation is 1. The summed E-state index contributed by atoms with van der Waals surface area (Å²) in [5.74, 6) is 0. The normalized spacial score (nSPS) is 16.2. The van der Waals surface area contributed by atoms with Gasteiger partial charge in [-0.3, -0.25) is 0 Å². The smallest absolute Gasteiger partial charge is 0.207 e. The van der Waals surface area contributed by atoms with Crippen LogP contribution in [0.4, 0.5) is 0 Å². The van der Waals surface area contributed by atoms with Crippen LogP contribution in [0, 0.1) is 6.92 Å². The molecule has 1 aromatic rings. The first-order valence-electron chi connectivity index (χ1n) is 7.21. The zero-order chi connectivity index (χ0) is 14.6. The molecule has 0 N–H and O–H groups in total. The molecule has 0 heterocycles. The van der Waals surface area contributed by atoms with Gasteiger partial charge in [0.05, 0.1) is 4.90 Å². The molecule has 0 amide bonds. The van der Waals surface area contributed by atoms with Gasteiger partial charge in [0.15, 0.2) is 0 Å². The number of benzene rings is 1. The van der Waals surface area contributed by atoms with Crippen LogP contribution in [0.1, 0.15) is 37.7 Å². The first-order valence-corrected chi connectivity index (χ1v) is 8.65. The van der Waals surface area contributed by atoms with Gasteiger partial charge in [0.25, 0.3) is 0 Å². The second-order valence-electron chi connectivity index (χ2n) is 5.50. The van der Waals surface area contributed by atoms with Crippen LogP contribution in [0.5, 0.6) is 0 Å². The topological polar surface area (TPSA) is 37.4 Å². The summed E-state index contributed by atoms with van der Waals surface area (Å²) in [5, 5.41) is 0. The fourth-order valence-electron chi connectivity index (χ4n) is 2.44. The highest BCUT2D eigenvalue weighted by molar-refractivity contribution is 7.89. The molecule has 110 valence electrons. The summed E-state index contributed by atoms with van der Waals surface area (Å²) in [6.07, 6.45) is 7.89. The third-order valence-corrected chi connectivity index (χ3v) is 5.73. The Hall–Kier alpha value is -1.13. The lowest BCUT2D eigenvalue weighted by Gasteiger charge is -2.19. The van der Waals surface area contributed by atoms with Crippen LogP contribution >= 0.6 is 0 Å². The molecule has 0 saturated carbocycles. The lowest BCUT2D eigenvalue weighted by atomic mass is 9.97. The number of hydrogen-bond acceptors (Lipinski definition) is 2. The van der Waals surface area contributed by atoms with E-state index in [1.165, 1.54) is 22.7 Å². The molecule has 4 heteroatoms. The van der Waals surface area contributed by atoms with Gasteiger partial charge >= 0.3 is 0 Å². The highest BCUT2D eigenvalue weighted by Gasteiger charge is 2.20. The molecule has 0 atom stereocenters. The first kappa shape index (κ1) is 15.3. The molecule has 0 aromatic heterocycles. The Morgan fingerprint density at radius 1 is 1.15 bits per heavy atom. The average molecular weight is 293 g/mol. The maximum absolute atomic E-state index is 12.4. The van der Waals surface area contributed by atoms with Gasteiger partial charge < -0.3 is 0 Å². The summed E-state index contributed by atoms with van der Waals surface area (Å²) in [6, 6.07) is 7.04. The zero-order valence-electron chi connectivity index (χ0n) is 12.3. The molecule has 1 aliphatic rings. The Morgan fingerprint density at radius 3 is 2.45 bits per heavy atom. The van der Waals surface area contributed by atoms with Crippen molar-refractivity contribution in [3.63, 3.8) is 0 Å². The van der Waals surface area contributed by atoms with E-state index < -0.39 is 10.0 Å². The van der Waals surface area contributed by atoms with Gasteiger partial charge in [0, 0.05) is 13.6 Å². The number of rotatable bonds is 5. The molecule has 0 spiro atoms. The molecular formula is C16H23NO2S. The summed E-state index contributed by atoms with van der Waals surface area (Å²) >= 11 is 0. The van der Waals surface area contributed by atoms with Gasteiger partial charge in [-0.05, 0) is 51.2 Å². The second-order valence-corrected chi connectivity index (χ2v) is 7.54. The van der Waals surface area contributed by atoms with E-state index in [1.54, 1.807) is 19.2 Å². The average Bonchev–Trinajstić information content (AvgIpc) is 2.46. The Bertz CT molecular complexity index is 573. The van der Waals surface area contributed by atoms with Crippen molar-refractivity contribution in [3.8, 4) is 0 Å². The van der Waals surface area contributed by atoms with Crippen LogP contribution in [0.2, 0.25) is 0 Å². The van der Waals surface area contributed by atoms with Crippen LogP contribution in [0.15, 0.2) is 40.8 Å². The van der Waals surface area contributed by atoms with Crippen molar-refractivity contribution in [1.82, 2.24) is 4.31 Å². The predicted molar refractivity (Wildman–Crippen MR) is 82.2 cm³/mol. The van der Waals surface area contributed by atoms with E-state index >= 15 is 0 Å². The Morgan fingerprint density at radius 2 is 1.85 bits per heavy atom. The van der Waals surface area contributed by atoms with Crippen molar-refractivity contribution in [2.75, 3.05) is 13.6 Å². The van der Waals surface area contributed by atoms with Crippen molar-refractivity contribution < 1.29 is 8.42 Å². The molecule has 0 fully saturated rings. The van der Waals surface area contributed by atoms with Gasteiger partial charge in [-0.1, -0.05) is 29.3 Å². The van der Waals surface area contributed by atoms with E-state index in [0.29, 0.717) is 11.4 Å². The first-order chi connectivity index (χ1) is 9.50. The number of hydrogen-bond donors (Lipinski definition) is 0. The standard InChI is InChI=1S/C16H23NO2S/c1-14-8-10-16(11-9-14)20(18,19)17(2)13-12-15-6-4-3-5-7-15/h6,8-11H,3-5,7,12-13H2,1-2H3. The summed E-state index contributed by atoms with van der Waals surface area (Å²) < 4.78 is 26.3. The predicted octanol–water partition coefficient (Wildman–Crippen LogP) is 3.51. The fraction of sp³-hybridized carbons (Fsp3) is 0.500. The molecule has 0 bridgehead atoms. The van der Waals surface area contributed by atoms with Crippen LogP contribution in [-0.4, -0.2) is 26.3 Å². The van der Waals surface area contributed by atoms with Crippen molar-refractivity contribution in [2.24, 2.45) is 0 Å². The van der Waals surface area contributed by atoms with Gasteiger partial charge in [-0.15, -0.1) is 0 Å². The van der Waals surface area contributed by atoms with Crippen molar-refractivity contribution >= 4 is 10.0 Å². The Labute approximate surface area is 122 Å². The maximum atomic E-state index is 12.4. The zero-order valence-corrected chi connectivity index (χ0v) is 13.1. The Balaban J connectivity index is 2.01. The molecule has 0 unspecified atom stereocenters. The van der Waals surface area contributed by atoms with Gasteiger partial charge in [-0.2, -0.15) is 0 Å². The molecule has 2 rings (SSSR count). The SMILES string of the molecule is Cc1ccc(S(=O)(=O)N(C)CCC2=CCCCC2)cc1. The number of allylic oxidation sites excluding steroid dienone is 1. The van der Waals surface area contributed by atoms with E-state index in [0.717, 1.165) is 24.8 Å². The molecule has 20 heavy (non-hydrogen) atoms. The highest BCUT2D eigenvalue weighted by Crippen LogP contribution is 2.22. The third-order valence-electron chi connectivity index (χ3n) is 3.86.